The Morgan fingerprint density at radius 2 is 1.90 bits per heavy atom. The van der Waals surface area contributed by atoms with Gasteiger partial charge in [-0.1, -0.05) is 26.2 Å². The molecule has 0 aliphatic heterocycles. The zero-order valence-electron chi connectivity index (χ0n) is 12.5. The van der Waals surface area contributed by atoms with Crippen LogP contribution in [0.1, 0.15) is 64.7 Å². The van der Waals surface area contributed by atoms with E-state index in [9.17, 15) is 9.59 Å². The van der Waals surface area contributed by atoms with Crippen LogP contribution in [0.2, 0.25) is 0 Å². The third kappa shape index (κ3) is 8.02. The third-order valence-corrected chi connectivity index (χ3v) is 3.95. The number of hydrogen-bond acceptors (Lipinski definition) is 2. The summed E-state index contributed by atoms with van der Waals surface area (Å²) in [7, 11) is 0. The van der Waals surface area contributed by atoms with Gasteiger partial charge in [-0.2, -0.15) is 0 Å². The number of nitrogens with one attached hydrogen (secondary N) is 2. The minimum Gasteiger partial charge on any atom is -0.481 e. The molecule has 1 rings (SSSR count). The van der Waals surface area contributed by atoms with Crippen molar-refractivity contribution in [2.75, 3.05) is 6.54 Å². The molecule has 2 amide bonds. The van der Waals surface area contributed by atoms with E-state index in [1.165, 1.54) is 19.3 Å². The molecule has 0 aromatic heterocycles. The molecule has 1 saturated carbocycles. The van der Waals surface area contributed by atoms with Gasteiger partial charge in [0.2, 0.25) is 0 Å². The Labute approximate surface area is 121 Å². The number of carbonyl (C=O) groups excluding carboxylic acids is 1. The van der Waals surface area contributed by atoms with Crippen LogP contribution in [0.15, 0.2) is 0 Å². The average molecular weight is 284 g/mol. The van der Waals surface area contributed by atoms with E-state index in [0.717, 1.165) is 31.6 Å². The van der Waals surface area contributed by atoms with Gasteiger partial charge in [0.25, 0.3) is 0 Å². The molecule has 3 N–H and O–H groups in total. The van der Waals surface area contributed by atoms with Gasteiger partial charge in [-0.3, -0.25) is 4.79 Å². The van der Waals surface area contributed by atoms with Crippen molar-refractivity contribution >= 4 is 12.0 Å². The van der Waals surface area contributed by atoms with Crippen LogP contribution in [0.4, 0.5) is 4.79 Å². The van der Waals surface area contributed by atoms with Gasteiger partial charge in [0.05, 0.1) is 0 Å². The zero-order chi connectivity index (χ0) is 14.8. The van der Waals surface area contributed by atoms with Crippen molar-refractivity contribution in [2.45, 2.75) is 70.8 Å². The molecule has 0 saturated heterocycles. The van der Waals surface area contributed by atoms with E-state index >= 15 is 0 Å². The van der Waals surface area contributed by atoms with Gasteiger partial charge in [0.15, 0.2) is 0 Å². The van der Waals surface area contributed by atoms with E-state index in [-0.39, 0.29) is 12.5 Å². The molecule has 0 heterocycles. The smallest absolute Gasteiger partial charge is 0.315 e. The van der Waals surface area contributed by atoms with Gasteiger partial charge >= 0.3 is 12.0 Å². The SMILES string of the molecule is CC1CCCC(NC(=O)NCCCCCC(=O)O)CC1. The lowest BCUT2D eigenvalue weighted by Crippen LogP contribution is -2.42. The molecule has 0 aromatic rings. The summed E-state index contributed by atoms with van der Waals surface area (Å²) in [6, 6.07) is 0.231. The lowest BCUT2D eigenvalue weighted by molar-refractivity contribution is -0.137. The summed E-state index contributed by atoms with van der Waals surface area (Å²) < 4.78 is 0. The summed E-state index contributed by atoms with van der Waals surface area (Å²) in [5.41, 5.74) is 0. The summed E-state index contributed by atoms with van der Waals surface area (Å²) in [6.45, 7) is 2.90. The quantitative estimate of drug-likeness (QED) is 0.497. The van der Waals surface area contributed by atoms with Gasteiger partial charge in [-0.05, 0) is 38.0 Å². The highest BCUT2D eigenvalue weighted by Crippen LogP contribution is 2.22. The second-order valence-corrected chi connectivity index (χ2v) is 5.91. The predicted octanol–water partition coefficient (Wildman–Crippen LogP) is 2.90. The largest absolute Gasteiger partial charge is 0.481 e. The first-order valence-corrected chi connectivity index (χ1v) is 7.84. The molecule has 1 aliphatic rings. The number of unbranched alkanes of at least 4 members (excludes halogenated alkanes) is 2. The van der Waals surface area contributed by atoms with Gasteiger partial charge in [0, 0.05) is 19.0 Å². The van der Waals surface area contributed by atoms with E-state index < -0.39 is 5.97 Å². The highest BCUT2D eigenvalue weighted by Gasteiger charge is 2.17. The summed E-state index contributed by atoms with van der Waals surface area (Å²) in [5, 5.41) is 14.4. The summed E-state index contributed by atoms with van der Waals surface area (Å²) >= 11 is 0. The minimum atomic E-state index is -0.752. The lowest BCUT2D eigenvalue weighted by Gasteiger charge is -2.17. The molecule has 2 unspecified atom stereocenters. The van der Waals surface area contributed by atoms with Crippen LogP contribution in [0.5, 0.6) is 0 Å². The van der Waals surface area contributed by atoms with Crippen LogP contribution in [0.25, 0.3) is 0 Å². The Hall–Kier alpha value is -1.26. The van der Waals surface area contributed by atoms with Gasteiger partial charge < -0.3 is 15.7 Å². The monoisotopic (exact) mass is 284 g/mol. The molecular formula is C15H28N2O3. The Morgan fingerprint density at radius 3 is 2.65 bits per heavy atom. The number of aliphatic carboxylic acids is 1. The number of carboxylic acid groups (broad SMARTS) is 1. The van der Waals surface area contributed by atoms with Gasteiger partial charge in [-0.25, -0.2) is 4.79 Å². The Morgan fingerprint density at radius 1 is 1.10 bits per heavy atom. The van der Waals surface area contributed by atoms with Crippen LogP contribution in [0, 0.1) is 5.92 Å². The van der Waals surface area contributed by atoms with E-state index in [0.29, 0.717) is 19.0 Å². The Balaban J connectivity index is 2.03. The lowest BCUT2D eigenvalue weighted by atomic mass is 10.0. The molecule has 5 nitrogen and oxygen atoms in total. The first-order valence-electron chi connectivity index (χ1n) is 7.84. The number of amides is 2. The van der Waals surface area contributed by atoms with Crippen molar-refractivity contribution in [3.63, 3.8) is 0 Å². The van der Waals surface area contributed by atoms with Crippen molar-refractivity contribution < 1.29 is 14.7 Å². The number of urea groups is 1. The first kappa shape index (κ1) is 16.8. The standard InChI is InChI=1S/C15H28N2O3/c1-12-6-5-7-13(10-9-12)17-15(20)16-11-4-2-3-8-14(18)19/h12-13H,2-11H2,1H3,(H,18,19)(H2,16,17,20). The molecule has 5 heteroatoms. The number of rotatable bonds is 7. The second-order valence-electron chi connectivity index (χ2n) is 5.91. The van der Waals surface area contributed by atoms with Crippen LogP contribution < -0.4 is 10.6 Å². The van der Waals surface area contributed by atoms with E-state index in [1.54, 1.807) is 0 Å². The van der Waals surface area contributed by atoms with Gasteiger partial charge in [-0.15, -0.1) is 0 Å². The number of hydrogen-bond donors (Lipinski definition) is 3. The maximum atomic E-state index is 11.7. The molecule has 1 aliphatic carbocycles. The molecule has 2 atom stereocenters. The van der Waals surface area contributed by atoms with Gasteiger partial charge in [0.1, 0.15) is 0 Å². The van der Waals surface area contributed by atoms with Crippen LogP contribution >= 0.6 is 0 Å². The highest BCUT2D eigenvalue weighted by molar-refractivity contribution is 5.74. The summed E-state index contributed by atoms with van der Waals surface area (Å²) in [5.74, 6) is 0.0254. The topological polar surface area (TPSA) is 78.4 Å². The Bertz CT molecular complexity index is 307. The maximum Gasteiger partial charge on any atom is 0.315 e. The molecule has 0 spiro atoms. The van der Waals surface area contributed by atoms with Crippen LogP contribution in [-0.4, -0.2) is 29.7 Å². The van der Waals surface area contributed by atoms with Crippen LogP contribution in [-0.2, 0) is 4.79 Å². The first-order chi connectivity index (χ1) is 9.58. The summed E-state index contributed by atoms with van der Waals surface area (Å²) in [4.78, 5) is 22.1. The van der Waals surface area contributed by atoms with Crippen molar-refractivity contribution in [2.24, 2.45) is 5.92 Å². The molecular weight excluding hydrogens is 256 g/mol. The minimum absolute atomic E-state index is 0.0808. The Kier molecular flexibility index (Phi) is 8.07. The zero-order valence-corrected chi connectivity index (χ0v) is 12.5. The third-order valence-electron chi connectivity index (χ3n) is 3.95. The van der Waals surface area contributed by atoms with Crippen molar-refractivity contribution in [1.82, 2.24) is 10.6 Å². The summed E-state index contributed by atoms with van der Waals surface area (Å²) in [6.07, 6.45) is 8.38. The molecule has 0 radical (unpaired) electrons. The predicted molar refractivity (Wildman–Crippen MR) is 78.7 cm³/mol. The number of carbonyl (C=O) groups is 2. The van der Waals surface area contributed by atoms with Crippen molar-refractivity contribution in [3.05, 3.63) is 0 Å². The van der Waals surface area contributed by atoms with Crippen molar-refractivity contribution in [3.8, 4) is 0 Å². The van der Waals surface area contributed by atoms with E-state index in [4.69, 9.17) is 5.11 Å². The fourth-order valence-electron chi connectivity index (χ4n) is 2.65. The fraction of sp³-hybridized carbons (Fsp3) is 0.867. The number of carboxylic acids is 1. The van der Waals surface area contributed by atoms with Crippen LogP contribution in [0.3, 0.4) is 0 Å². The maximum absolute atomic E-state index is 11.7. The van der Waals surface area contributed by atoms with E-state index in [2.05, 4.69) is 17.6 Å². The molecule has 1 fully saturated rings. The molecule has 0 bridgehead atoms. The fourth-order valence-corrected chi connectivity index (χ4v) is 2.65. The van der Waals surface area contributed by atoms with E-state index in [1.807, 2.05) is 0 Å². The average Bonchev–Trinajstić information content (AvgIpc) is 2.58. The second kappa shape index (κ2) is 9.61. The molecule has 20 heavy (non-hydrogen) atoms. The molecule has 116 valence electrons. The highest BCUT2D eigenvalue weighted by atomic mass is 16.4. The van der Waals surface area contributed by atoms with Crippen molar-refractivity contribution in [1.29, 1.82) is 0 Å². The normalized spacial score (nSPS) is 22.9. The molecule has 0 aromatic carbocycles.